The van der Waals surface area contributed by atoms with Gasteiger partial charge in [-0.2, -0.15) is 0 Å². The van der Waals surface area contributed by atoms with E-state index in [1.807, 2.05) is 43.8 Å². The molecule has 1 saturated heterocycles. The first-order chi connectivity index (χ1) is 12.6. The summed E-state index contributed by atoms with van der Waals surface area (Å²) in [5, 5.41) is 4.02. The van der Waals surface area contributed by atoms with Crippen LogP contribution in [0, 0.1) is 5.92 Å². The molecule has 1 aliphatic heterocycles. The largest absolute Gasteiger partial charge is 0.451 e. The number of rotatable bonds is 4. The first-order valence-corrected chi connectivity index (χ1v) is 9.06. The van der Waals surface area contributed by atoms with E-state index in [9.17, 15) is 4.79 Å². The van der Waals surface area contributed by atoms with E-state index in [-0.39, 0.29) is 11.9 Å². The number of carbonyl (C=O) groups excluding carboxylic acids is 1. The highest BCUT2D eigenvalue weighted by Gasteiger charge is 2.32. The van der Waals surface area contributed by atoms with Gasteiger partial charge in [-0.15, -0.1) is 0 Å². The van der Waals surface area contributed by atoms with Gasteiger partial charge in [0.05, 0.1) is 18.1 Å². The fraction of sp³-hybridized carbons (Fsp3) is 0.400. The third-order valence-electron chi connectivity index (χ3n) is 5.34. The number of piperidine rings is 1. The van der Waals surface area contributed by atoms with Crippen molar-refractivity contribution in [3.8, 4) is 0 Å². The van der Waals surface area contributed by atoms with Crippen molar-refractivity contribution < 1.29 is 9.21 Å². The molecule has 3 aromatic rings. The lowest BCUT2D eigenvalue weighted by Gasteiger charge is -2.39. The Morgan fingerprint density at radius 3 is 2.96 bits per heavy atom. The van der Waals surface area contributed by atoms with Gasteiger partial charge in [0.1, 0.15) is 5.58 Å². The van der Waals surface area contributed by atoms with Gasteiger partial charge in [0.25, 0.3) is 5.91 Å². The van der Waals surface area contributed by atoms with Gasteiger partial charge in [0.15, 0.2) is 5.76 Å². The summed E-state index contributed by atoms with van der Waals surface area (Å²) in [6.45, 7) is 1.68. The summed E-state index contributed by atoms with van der Waals surface area (Å²) in [6, 6.07) is 9.73. The molecule has 1 fully saturated rings. The first-order valence-electron chi connectivity index (χ1n) is 9.06. The summed E-state index contributed by atoms with van der Waals surface area (Å²) in [7, 11) is 4.17. The van der Waals surface area contributed by atoms with Gasteiger partial charge in [-0.05, 0) is 44.5 Å². The van der Waals surface area contributed by atoms with Crippen molar-refractivity contribution >= 4 is 16.9 Å². The topological polar surface area (TPSA) is 63.3 Å². The molecule has 2 aromatic heterocycles. The van der Waals surface area contributed by atoms with Crippen LogP contribution in [0.4, 0.5) is 0 Å². The summed E-state index contributed by atoms with van der Waals surface area (Å²) >= 11 is 0. The number of imidazole rings is 1. The predicted molar refractivity (Wildman–Crippen MR) is 99.9 cm³/mol. The van der Waals surface area contributed by atoms with Crippen molar-refractivity contribution in [3.63, 3.8) is 0 Å². The Bertz CT molecular complexity index is 880. The number of hydrogen-bond acceptors (Lipinski definition) is 4. The van der Waals surface area contributed by atoms with Crippen LogP contribution in [-0.4, -0.2) is 40.5 Å². The maximum Gasteiger partial charge on any atom is 0.287 e. The summed E-state index contributed by atoms with van der Waals surface area (Å²) in [4.78, 5) is 19.2. The molecule has 1 aliphatic rings. The van der Waals surface area contributed by atoms with Gasteiger partial charge >= 0.3 is 0 Å². The number of furan rings is 1. The van der Waals surface area contributed by atoms with Crippen LogP contribution in [0.1, 0.15) is 35.1 Å². The van der Waals surface area contributed by atoms with Crippen molar-refractivity contribution in [3.05, 3.63) is 54.3 Å². The second-order valence-corrected chi connectivity index (χ2v) is 7.12. The summed E-state index contributed by atoms with van der Waals surface area (Å²) in [5.41, 5.74) is 1.93. The third kappa shape index (κ3) is 3.12. The average Bonchev–Trinajstić information content (AvgIpc) is 3.26. The molecule has 6 heteroatoms. The molecule has 136 valence electrons. The van der Waals surface area contributed by atoms with Crippen molar-refractivity contribution in [2.45, 2.75) is 18.9 Å². The Morgan fingerprint density at radius 2 is 2.19 bits per heavy atom. The number of carbonyl (C=O) groups is 1. The number of aromatic nitrogens is 2. The average molecular weight is 352 g/mol. The molecule has 0 saturated carbocycles. The number of likely N-dealkylation sites (tertiary alicyclic amines) is 1. The summed E-state index contributed by atoms with van der Waals surface area (Å²) in [6.07, 6.45) is 5.99. The maximum absolute atomic E-state index is 12.6. The van der Waals surface area contributed by atoms with Crippen molar-refractivity contribution in [2.75, 3.05) is 20.1 Å². The van der Waals surface area contributed by atoms with Gasteiger partial charge < -0.3 is 14.3 Å². The minimum Gasteiger partial charge on any atom is -0.451 e. The van der Waals surface area contributed by atoms with E-state index in [1.54, 1.807) is 6.07 Å². The van der Waals surface area contributed by atoms with Crippen LogP contribution >= 0.6 is 0 Å². The molecule has 0 bridgehead atoms. The van der Waals surface area contributed by atoms with Crippen LogP contribution in [0.15, 0.2) is 47.3 Å². The Labute approximate surface area is 152 Å². The molecule has 4 rings (SSSR count). The molecule has 26 heavy (non-hydrogen) atoms. The molecule has 6 nitrogen and oxygen atoms in total. The maximum atomic E-state index is 12.6. The van der Waals surface area contributed by atoms with Crippen LogP contribution in [0.5, 0.6) is 0 Å². The highest BCUT2D eigenvalue weighted by atomic mass is 16.3. The second kappa shape index (κ2) is 6.96. The number of amides is 1. The normalized spacial score (nSPS) is 21.2. The monoisotopic (exact) mass is 352 g/mol. The van der Waals surface area contributed by atoms with E-state index in [0.717, 1.165) is 30.4 Å². The molecule has 2 atom stereocenters. The van der Waals surface area contributed by atoms with E-state index < -0.39 is 0 Å². The zero-order chi connectivity index (χ0) is 18.1. The number of fused-ring (bicyclic) bond motifs is 1. The SMILES string of the molecule is CN1CCC[C@@H](CNC(=O)c2cc3ccccc3o2)[C@@H]1c1cncn1C. The van der Waals surface area contributed by atoms with E-state index in [4.69, 9.17) is 4.42 Å². The van der Waals surface area contributed by atoms with Crippen LogP contribution < -0.4 is 5.32 Å². The first kappa shape index (κ1) is 16.8. The number of nitrogens with zero attached hydrogens (tertiary/aromatic N) is 3. The van der Waals surface area contributed by atoms with Crippen LogP contribution in [0.3, 0.4) is 0 Å². The van der Waals surface area contributed by atoms with Crippen molar-refractivity contribution in [1.29, 1.82) is 0 Å². The quantitative estimate of drug-likeness (QED) is 0.784. The fourth-order valence-electron chi connectivity index (χ4n) is 4.00. The number of para-hydroxylation sites is 1. The number of nitrogens with one attached hydrogen (secondary N) is 1. The van der Waals surface area contributed by atoms with Gasteiger partial charge in [0.2, 0.25) is 0 Å². The number of aryl methyl sites for hydroxylation is 1. The Kier molecular flexibility index (Phi) is 4.51. The third-order valence-corrected chi connectivity index (χ3v) is 5.34. The van der Waals surface area contributed by atoms with Crippen LogP contribution in [-0.2, 0) is 7.05 Å². The zero-order valence-electron chi connectivity index (χ0n) is 15.2. The zero-order valence-corrected chi connectivity index (χ0v) is 15.2. The van der Waals surface area contributed by atoms with Gasteiger partial charge in [-0.25, -0.2) is 4.98 Å². The van der Waals surface area contributed by atoms with E-state index in [1.165, 1.54) is 5.69 Å². The van der Waals surface area contributed by atoms with E-state index in [0.29, 0.717) is 18.2 Å². The van der Waals surface area contributed by atoms with Crippen molar-refractivity contribution in [1.82, 2.24) is 19.8 Å². The Balaban J connectivity index is 1.48. The lowest BCUT2D eigenvalue weighted by atomic mass is 9.87. The van der Waals surface area contributed by atoms with Gasteiger partial charge in [0, 0.05) is 25.2 Å². The lowest BCUT2D eigenvalue weighted by Crippen LogP contribution is -2.42. The minimum atomic E-state index is -0.154. The lowest BCUT2D eigenvalue weighted by molar-refractivity contribution is 0.0860. The molecule has 0 unspecified atom stereocenters. The smallest absolute Gasteiger partial charge is 0.287 e. The number of hydrogen-bond donors (Lipinski definition) is 1. The van der Waals surface area contributed by atoms with Gasteiger partial charge in [-0.1, -0.05) is 18.2 Å². The highest BCUT2D eigenvalue weighted by Crippen LogP contribution is 2.34. The van der Waals surface area contributed by atoms with Crippen molar-refractivity contribution in [2.24, 2.45) is 13.0 Å². The second-order valence-electron chi connectivity index (χ2n) is 7.12. The Hall–Kier alpha value is -2.60. The van der Waals surface area contributed by atoms with Crippen LogP contribution in [0.25, 0.3) is 11.0 Å². The molecular formula is C20H24N4O2. The Morgan fingerprint density at radius 1 is 1.35 bits per heavy atom. The molecule has 1 aromatic carbocycles. The summed E-state index contributed by atoms with van der Waals surface area (Å²) in [5.74, 6) is 0.558. The molecular weight excluding hydrogens is 328 g/mol. The fourth-order valence-corrected chi connectivity index (χ4v) is 4.00. The number of benzene rings is 1. The van der Waals surface area contributed by atoms with Gasteiger partial charge in [-0.3, -0.25) is 9.69 Å². The predicted octanol–water partition coefficient (Wildman–Crippen LogP) is 2.98. The molecule has 0 radical (unpaired) electrons. The van der Waals surface area contributed by atoms with E-state index in [2.05, 4.69) is 26.8 Å². The molecule has 0 spiro atoms. The van der Waals surface area contributed by atoms with Crippen LogP contribution in [0.2, 0.25) is 0 Å². The van der Waals surface area contributed by atoms with E-state index >= 15 is 0 Å². The minimum absolute atomic E-state index is 0.154. The molecule has 0 aliphatic carbocycles. The molecule has 1 amide bonds. The standard InChI is InChI=1S/C20H24N4O2/c1-23-9-5-7-15(19(23)16-12-21-13-24(16)2)11-22-20(25)18-10-14-6-3-4-8-17(14)26-18/h3-4,6,8,10,12-13,15,19H,5,7,9,11H2,1-2H3,(H,22,25)/t15-,19+/m0/s1. The molecule has 3 heterocycles. The summed E-state index contributed by atoms with van der Waals surface area (Å²) < 4.78 is 7.74. The highest BCUT2D eigenvalue weighted by molar-refractivity contribution is 5.96. The molecule has 1 N–H and O–H groups in total.